The highest BCUT2D eigenvalue weighted by molar-refractivity contribution is 7.90. The van der Waals surface area contributed by atoms with Gasteiger partial charge in [0.2, 0.25) is 15.7 Å². The fourth-order valence-corrected chi connectivity index (χ4v) is 3.91. The minimum atomic E-state index is -3.79. The Kier molecular flexibility index (Phi) is 8.52. The molecule has 1 amide bonds. The Balaban J connectivity index is 1.76. The third-order valence-corrected chi connectivity index (χ3v) is 5.94. The van der Waals surface area contributed by atoms with Crippen molar-refractivity contribution in [3.63, 3.8) is 0 Å². The summed E-state index contributed by atoms with van der Waals surface area (Å²) in [6, 6.07) is 4.60. The summed E-state index contributed by atoms with van der Waals surface area (Å²) < 4.78 is 35.4. The average Bonchev–Trinajstić information content (AvgIpc) is 3.09. The van der Waals surface area contributed by atoms with Crippen molar-refractivity contribution in [3.8, 4) is 0 Å². The number of amides is 1. The lowest BCUT2D eigenvalue weighted by Crippen LogP contribution is -2.32. The fraction of sp³-hybridized carbons (Fsp3) is 0.526. The van der Waals surface area contributed by atoms with Gasteiger partial charge in [-0.15, -0.1) is 5.10 Å². The van der Waals surface area contributed by atoms with E-state index in [1.165, 1.54) is 12.1 Å². The fourth-order valence-electron chi connectivity index (χ4n) is 2.46. The van der Waals surface area contributed by atoms with E-state index in [0.29, 0.717) is 30.0 Å². The molecule has 30 heavy (non-hydrogen) atoms. The number of aromatic nitrogens is 2. The number of hydrogen-bond acceptors (Lipinski definition) is 7. The minimum Gasteiger partial charge on any atom is -0.444 e. The molecule has 1 aromatic carbocycles. The second-order valence-electron chi connectivity index (χ2n) is 7.71. The highest BCUT2D eigenvalue weighted by Crippen LogP contribution is 2.25. The Hall–Kier alpha value is -1.84. The van der Waals surface area contributed by atoms with Crippen molar-refractivity contribution < 1.29 is 22.4 Å². The van der Waals surface area contributed by atoms with Gasteiger partial charge < -0.3 is 14.5 Å². The number of carbonyl (C=O) groups is 1. The van der Waals surface area contributed by atoms with Gasteiger partial charge in [-0.1, -0.05) is 40.8 Å². The number of halogens is 2. The van der Waals surface area contributed by atoms with Gasteiger partial charge in [0.15, 0.2) is 0 Å². The summed E-state index contributed by atoms with van der Waals surface area (Å²) in [6.07, 6.45) is 2.25. The minimum absolute atomic E-state index is 0.253. The van der Waals surface area contributed by atoms with Crippen LogP contribution in [0.4, 0.5) is 4.79 Å². The molecule has 0 fully saturated rings. The first-order chi connectivity index (χ1) is 14.0. The number of nitrogens with zero attached hydrogens (tertiary/aromatic N) is 2. The smallest absolute Gasteiger partial charge is 0.407 e. The molecule has 1 N–H and O–H groups in total. The molecular formula is C19H25Cl2N3O5S. The summed E-state index contributed by atoms with van der Waals surface area (Å²) in [5.41, 5.74) is -0.0541. The van der Waals surface area contributed by atoms with Crippen molar-refractivity contribution in [1.82, 2.24) is 15.5 Å². The number of sulfone groups is 1. The quantitative estimate of drug-likeness (QED) is 0.525. The van der Waals surface area contributed by atoms with Crippen molar-refractivity contribution in [2.45, 2.75) is 63.0 Å². The van der Waals surface area contributed by atoms with Gasteiger partial charge in [-0.05, 0) is 51.3 Å². The van der Waals surface area contributed by atoms with Crippen LogP contribution in [0.15, 0.2) is 27.8 Å². The second-order valence-corrected chi connectivity index (χ2v) is 10.4. The highest BCUT2D eigenvalue weighted by Gasteiger charge is 2.23. The van der Waals surface area contributed by atoms with E-state index in [-0.39, 0.29) is 16.7 Å². The molecule has 0 atom stereocenters. The number of alkyl carbamates (subject to hydrolysis) is 1. The molecule has 1 heterocycles. The molecule has 0 aliphatic rings. The van der Waals surface area contributed by atoms with Crippen LogP contribution in [0.3, 0.4) is 0 Å². The Morgan fingerprint density at radius 2 is 1.87 bits per heavy atom. The molecular weight excluding hydrogens is 453 g/mol. The van der Waals surface area contributed by atoms with E-state index in [2.05, 4.69) is 15.5 Å². The molecule has 166 valence electrons. The Morgan fingerprint density at radius 1 is 1.13 bits per heavy atom. The first-order valence-electron chi connectivity index (χ1n) is 9.42. The average molecular weight is 478 g/mol. The normalized spacial score (nSPS) is 12.0. The Labute approximate surface area is 186 Å². The molecule has 1 aromatic heterocycles. The number of ether oxygens (including phenoxy) is 1. The van der Waals surface area contributed by atoms with Gasteiger partial charge in [0.05, 0.1) is 15.8 Å². The molecule has 0 radical (unpaired) electrons. The van der Waals surface area contributed by atoms with E-state index in [9.17, 15) is 13.2 Å². The largest absolute Gasteiger partial charge is 0.444 e. The van der Waals surface area contributed by atoms with Crippen molar-refractivity contribution in [2.24, 2.45) is 0 Å². The van der Waals surface area contributed by atoms with Crippen molar-refractivity contribution in [1.29, 1.82) is 0 Å². The van der Waals surface area contributed by atoms with Gasteiger partial charge in [-0.3, -0.25) is 0 Å². The van der Waals surface area contributed by atoms with Crippen LogP contribution >= 0.6 is 23.2 Å². The zero-order valence-electron chi connectivity index (χ0n) is 17.1. The first kappa shape index (κ1) is 24.4. The Bertz CT molecular complexity index is 971. The summed E-state index contributed by atoms with van der Waals surface area (Å²) in [7, 11) is -3.79. The van der Waals surface area contributed by atoms with Gasteiger partial charge in [0.1, 0.15) is 5.60 Å². The number of carbonyl (C=O) groups excluding carboxylic acids is 1. The maximum absolute atomic E-state index is 12.5. The van der Waals surface area contributed by atoms with Crippen LogP contribution in [0.1, 0.15) is 51.5 Å². The number of nitrogens with one attached hydrogen (secondary N) is 1. The van der Waals surface area contributed by atoms with E-state index >= 15 is 0 Å². The first-order valence-corrected chi connectivity index (χ1v) is 11.8. The predicted octanol–water partition coefficient (Wildman–Crippen LogP) is 4.59. The lowest BCUT2D eigenvalue weighted by atomic mass is 10.2. The summed E-state index contributed by atoms with van der Waals surface area (Å²) in [6.45, 7) is 5.89. The van der Waals surface area contributed by atoms with E-state index < -0.39 is 26.8 Å². The van der Waals surface area contributed by atoms with Crippen LogP contribution in [-0.2, 0) is 26.7 Å². The molecule has 0 saturated heterocycles. The monoisotopic (exact) mass is 477 g/mol. The molecule has 2 aromatic rings. The molecule has 0 unspecified atom stereocenters. The van der Waals surface area contributed by atoms with Crippen molar-refractivity contribution in [3.05, 3.63) is 39.7 Å². The molecule has 0 saturated carbocycles. The van der Waals surface area contributed by atoms with Crippen LogP contribution in [0.25, 0.3) is 0 Å². The standard InChI is InChI=1S/C19H25Cl2N3O5S/c1-19(2,3)29-17(25)22-10-6-4-5-7-16-23-24-18(28-16)30(26,27)12-13-8-9-14(20)15(21)11-13/h8-9,11H,4-7,10,12H2,1-3H3,(H,22,25). The van der Waals surface area contributed by atoms with Crippen LogP contribution in [0.5, 0.6) is 0 Å². The number of rotatable bonds is 9. The van der Waals surface area contributed by atoms with E-state index in [0.717, 1.165) is 12.8 Å². The Morgan fingerprint density at radius 3 is 2.53 bits per heavy atom. The van der Waals surface area contributed by atoms with Gasteiger partial charge in [0.25, 0.3) is 0 Å². The molecule has 0 spiro atoms. The molecule has 0 aliphatic carbocycles. The van der Waals surface area contributed by atoms with Crippen molar-refractivity contribution in [2.75, 3.05) is 6.54 Å². The second kappa shape index (κ2) is 10.5. The number of hydrogen-bond donors (Lipinski definition) is 1. The van der Waals surface area contributed by atoms with E-state index in [1.807, 2.05) is 0 Å². The summed E-state index contributed by atoms with van der Waals surface area (Å²) in [4.78, 5) is 11.5. The summed E-state index contributed by atoms with van der Waals surface area (Å²) >= 11 is 11.8. The van der Waals surface area contributed by atoms with Crippen LogP contribution in [-0.4, -0.2) is 36.9 Å². The topological polar surface area (TPSA) is 111 Å². The zero-order valence-corrected chi connectivity index (χ0v) is 19.4. The maximum atomic E-state index is 12.5. The molecule has 11 heteroatoms. The summed E-state index contributed by atoms with van der Waals surface area (Å²) in [5.74, 6) is -0.0650. The predicted molar refractivity (Wildman–Crippen MR) is 113 cm³/mol. The molecule has 0 aliphatic heterocycles. The third kappa shape index (κ3) is 8.12. The number of aryl methyl sites for hydroxylation is 1. The van der Waals surface area contributed by atoms with Crippen molar-refractivity contribution >= 4 is 39.1 Å². The number of unbranched alkanes of at least 4 members (excludes halogenated alkanes) is 2. The lowest BCUT2D eigenvalue weighted by Gasteiger charge is -2.19. The van der Waals surface area contributed by atoms with Gasteiger partial charge in [0, 0.05) is 13.0 Å². The molecule has 8 nitrogen and oxygen atoms in total. The van der Waals surface area contributed by atoms with Crippen LogP contribution in [0, 0.1) is 0 Å². The number of benzene rings is 1. The maximum Gasteiger partial charge on any atom is 0.407 e. The molecule has 0 bridgehead atoms. The van der Waals surface area contributed by atoms with Gasteiger partial charge >= 0.3 is 11.3 Å². The SMILES string of the molecule is CC(C)(C)OC(=O)NCCCCCc1nnc(S(=O)(=O)Cc2ccc(Cl)c(Cl)c2)o1. The van der Waals surface area contributed by atoms with Crippen LogP contribution in [0.2, 0.25) is 10.0 Å². The van der Waals surface area contributed by atoms with E-state index in [1.54, 1.807) is 26.8 Å². The third-order valence-electron chi connectivity index (χ3n) is 3.79. The zero-order chi connectivity index (χ0) is 22.4. The highest BCUT2D eigenvalue weighted by atomic mass is 35.5. The van der Waals surface area contributed by atoms with Crippen LogP contribution < -0.4 is 5.32 Å². The lowest BCUT2D eigenvalue weighted by molar-refractivity contribution is 0.0527. The van der Waals surface area contributed by atoms with Gasteiger partial charge in [-0.25, -0.2) is 13.2 Å². The summed E-state index contributed by atoms with van der Waals surface area (Å²) in [5, 5.41) is 10.4. The van der Waals surface area contributed by atoms with E-state index in [4.69, 9.17) is 32.4 Å². The van der Waals surface area contributed by atoms with Gasteiger partial charge in [-0.2, -0.15) is 0 Å². The molecule has 2 rings (SSSR count).